The molecule has 0 amide bonds. The van der Waals surface area contributed by atoms with Gasteiger partial charge in [-0.15, -0.1) is 0 Å². The molecule has 1 aromatic carbocycles. The average Bonchev–Trinajstić information content (AvgIpc) is 2.84. The maximum atomic E-state index is 11.6. The second kappa shape index (κ2) is 6.33. The molecule has 0 bridgehead atoms. The van der Waals surface area contributed by atoms with Gasteiger partial charge in [0, 0.05) is 13.5 Å². The Hall–Kier alpha value is -1.77. The van der Waals surface area contributed by atoms with E-state index < -0.39 is 10.0 Å². The molecule has 0 unspecified atom stereocenters. The van der Waals surface area contributed by atoms with E-state index in [2.05, 4.69) is 14.9 Å². The molecule has 1 N–H and O–H groups in total. The van der Waals surface area contributed by atoms with E-state index in [1.165, 1.54) is 7.05 Å². The number of hydrogen-bond donors (Lipinski definition) is 1. The van der Waals surface area contributed by atoms with E-state index in [-0.39, 0.29) is 4.90 Å². The summed E-state index contributed by atoms with van der Waals surface area (Å²) in [5, 5.41) is 3.84. The van der Waals surface area contributed by atoms with Crippen LogP contribution in [0.1, 0.15) is 17.3 Å². The predicted molar refractivity (Wildman–Crippen MR) is 76.9 cm³/mol. The monoisotopic (exact) mass is 310 g/mol. The molecule has 0 spiro atoms. The maximum Gasteiger partial charge on any atom is 0.240 e. The SMILES string of the molecule is CNS(=O)(=O)c1ccc(CN(C)Cc2noc(C)n2)cc1. The zero-order valence-corrected chi connectivity index (χ0v) is 13.0. The highest BCUT2D eigenvalue weighted by atomic mass is 32.2. The number of rotatable bonds is 6. The summed E-state index contributed by atoms with van der Waals surface area (Å²) in [4.78, 5) is 6.42. The van der Waals surface area contributed by atoms with Crippen LogP contribution in [0.25, 0.3) is 0 Å². The molecule has 0 fully saturated rings. The van der Waals surface area contributed by atoms with Gasteiger partial charge >= 0.3 is 0 Å². The number of aryl methyl sites for hydroxylation is 1. The Morgan fingerprint density at radius 2 is 1.90 bits per heavy atom. The molecule has 0 aliphatic carbocycles. The van der Waals surface area contributed by atoms with Crippen molar-refractivity contribution in [2.24, 2.45) is 0 Å². The first-order valence-electron chi connectivity index (χ1n) is 6.41. The molecule has 0 saturated carbocycles. The largest absolute Gasteiger partial charge is 0.340 e. The van der Waals surface area contributed by atoms with Gasteiger partial charge in [-0.2, -0.15) is 4.98 Å². The molecule has 114 valence electrons. The van der Waals surface area contributed by atoms with Gasteiger partial charge in [-0.3, -0.25) is 4.90 Å². The zero-order chi connectivity index (χ0) is 15.5. The lowest BCUT2D eigenvalue weighted by Crippen LogP contribution is -2.19. The Kier molecular flexibility index (Phi) is 4.71. The molecule has 0 atom stereocenters. The van der Waals surface area contributed by atoms with E-state index in [1.807, 2.05) is 11.9 Å². The molecule has 2 aromatic rings. The summed E-state index contributed by atoms with van der Waals surface area (Å²) < 4.78 is 30.5. The molecule has 21 heavy (non-hydrogen) atoms. The van der Waals surface area contributed by atoms with Crippen molar-refractivity contribution in [1.82, 2.24) is 19.8 Å². The summed E-state index contributed by atoms with van der Waals surface area (Å²) in [6.07, 6.45) is 0. The molecule has 1 heterocycles. The Bertz CT molecular complexity index is 694. The van der Waals surface area contributed by atoms with E-state index in [9.17, 15) is 8.42 Å². The smallest absolute Gasteiger partial charge is 0.240 e. The van der Waals surface area contributed by atoms with E-state index in [1.54, 1.807) is 31.2 Å². The molecule has 0 aliphatic heterocycles. The minimum absolute atomic E-state index is 0.255. The van der Waals surface area contributed by atoms with E-state index >= 15 is 0 Å². The van der Waals surface area contributed by atoms with Crippen LogP contribution in [0, 0.1) is 6.92 Å². The fourth-order valence-corrected chi connectivity index (χ4v) is 2.64. The Balaban J connectivity index is 2.00. The van der Waals surface area contributed by atoms with E-state index in [0.717, 1.165) is 5.56 Å². The lowest BCUT2D eigenvalue weighted by Gasteiger charge is -2.14. The first-order chi connectivity index (χ1) is 9.90. The van der Waals surface area contributed by atoms with Crippen LogP contribution >= 0.6 is 0 Å². The highest BCUT2D eigenvalue weighted by Crippen LogP contribution is 2.12. The molecule has 0 radical (unpaired) electrons. The number of benzene rings is 1. The van der Waals surface area contributed by atoms with Crippen LogP contribution in [0.4, 0.5) is 0 Å². The van der Waals surface area contributed by atoms with Gasteiger partial charge in [0.2, 0.25) is 15.9 Å². The van der Waals surface area contributed by atoms with Gasteiger partial charge in [-0.05, 0) is 31.8 Å². The topological polar surface area (TPSA) is 88.3 Å². The van der Waals surface area contributed by atoms with Gasteiger partial charge in [0.25, 0.3) is 0 Å². The normalized spacial score (nSPS) is 12.0. The van der Waals surface area contributed by atoms with Gasteiger partial charge in [-0.25, -0.2) is 13.1 Å². The number of sulfonamides is 1. The van der Waals surface area contributed by atoms with Crippen LogP contribution in [0.15, 0.2) is 33.7 Å². The van der Waals surface area contributed by atoms with Crippen LogP contribution in [0.2, 0.25) is 0 Å². The van der Waals surface area contributed by atoms with Crippen molar-refractivity contribution in [3.8, 4) is 0 Å². The van der Waals surface area contributed by atoms with Gasteiger partial charge in [0.1, 0.15) is 0 Å². The molecular formula is C13H18N4O3S. The standard InChI is InChI=1S/C13H18N4O3S/c1-10-15-13(16-20-10)9-17(3)8-11-4-6-12(7-5-11)21(18,19)14-2/h4-7,14H,8-9H2,1-3H3. The fraction of sp³-hybridized carbons (Fsp3) is 0.385. The third kappa shape index (κ3) is 4.10. The second-order valence-electron chi connectivity index (χ2n) is 4.75. The lowest BCUT2D eigenvalue weighted by molar-refractivity contribution is 0.300. The first-order valence-corrected chi connectivity index (χ1v) is 7.89. The summed E-state index contributed by atoms with van der Waals surface area (Å²) in [6.45, 7) is 2.97. The van der Waals surface area contributed by atoms with Crippen molar-refractivity contribution in [2.75, 3.05) is 14.1 Å². The average molecular weight is 310 g/mol. The summed E-state index contributed by atoms with van der Waals surface area (Å²) in [5.74, 6) is 1.17. The van der Waals surface area contributed by atoms with Crippen LogP contribution < -0.4 is 4.72 Å². The number of hydrogen-bond acceptors (Lipinski definition) is 6. The van der Waals surface area contributed by atoms with Gasteiger partial charge in [0.15, 0.2) is 5.82 Å². The van der Waals surface area contributed by atoms with Crippen LogP contribution in [0.5, 0.6) is 0 Å². The Morgan fingerprint density at radius 1 is 1.24 bits per heavy atom. The Morgan fingerprint density at radius 3 is 2.43 bits per heavy atom. The van der Waals surface area contributed by atoms with Gasteiger partial charge < -0.3 is 4.52 Å². The minimum Gasteiger partial charge on any atom is -0.340 e. The third-order valence-corrected chi connectivity index (χ3v) is 4.37. The highest BCUT2D eigenvalue weighted by molar-refractivity contribution is 7.89. The number of nitrogens with zero attached hydrogens (tertiary/aromatic N) is 3. The molecule has 0 saturated heterocycles. The third-order valence-electron chi connectivity index (χ3n) is 2.94. The van der Waals surface area contributed by atoms with Crippen LogP contribution in [0.3, 0.4) is 0 Å². The lowest BCUT2D eigenvalue weighted by atomic mass is 10.2. The summed E-state index contributed by atoms with van der Waals surface area (Å²) in [6, 6.07) is 6.77. The van der Waals surface area contributed by atoms with Gasteiger partial charge in [-0.1, -0.05) is 17.3 Å². The van der Waals surface area contributed by atoms with Crippen molar-refractivity contribution < 1.29 is 12.9 Å². The maximum absolute atomic E-state index is 11.6. The molecule has 0 aliphatic rings. The summed E-state index contributed by atoms with van der Waals surface area (Å²) in [5.41, 5.74) is 1.01. The first kappa shape index (κ1) is 15.6. The number of nitrogens with one attached hydrogen (secondary N) is 1. The predicted octanol–water partition coefficient (Wildman–Crippen LogP) is 0.918. The quantitative estimate of drug-likeness (QED) is 0.853. The van der Waals surface area contributed by atoms with Crippen molar-refractivity contribution >= 4 is 10.0 Å². The molecule has 1 aromatic heterocycles. The van der Waals surface area contributed by atoms with E-state index in [4.69, 9.17) is 4.52 Å². The van der Waals surface area contributed by atoms with Crippen molar-refractivity contribution in [3.63, 3.8) is 0 Å². The van der Waals surface area contributed by atoms with Crippen LogP contribution in [-0.4, -0.2) is 37.6 Å². The number of aromatic nitrogens is 2. The Labute approximate surface area is 124 Å². The fourth-order valence-electron chi connectivity index (χ4n) is 1.91. The van der Waals surface area contributed by atoms with Crippen LogP contribution in [-0.2, 0) is 23.1 Å². The molecule has 2 rings (SSSR count). The summed E-state index contributed by atoms with van der Waals surface area (Å²) in [7, 11) is -0.0580. The van der Waals surface area contributed by atoms with Crippen molar-refractivity contribution in [2.45, 2.75) is 24.9 Å². The second-order valence-corrected chi connectivity index (χ2v) is 6.64. The molecule has 7 nitrogen and oxygen atoms in total. The van der Waals surface area contributed by atoms with E-state index in [0.29, 0.717) is 24.8 Å². The molecule has 8 heteroatoms. The van der Waals surface area contributed by atoms with Crippen molar-refractivity contribution in [1.29, 1.82) is 0 Å². The zero-order valence-electron chi connectivity index (χ0n) is 12.2. The minimum atomic E-state index is -3.39. The van der Waals surface area contributed by atoms with Crippen molar-refractivity contribution in [3.05, 3.63) is 41.5 Å². The highest BCUT2D eigenvalue weighted by Gasteiger charge is 2.11. The summed E-state index contributed by atoms with van der Waals surface area (Å²) >= 11 is 0. The molecular weight excluding hydrogens is 292 g/mol. The van der Waals surface area contributed by atoms with Gasteiger partial charge in [0.05, 0.1) is 11.4 Å².